The smallest absolute Gasteiger partial charge is 0.123 e. The first kappa shape index (κ1) is 9.70. The molecule has 14 heavy (non-hydrogen) atoms. The Hall–Kier alpha value is -0.850. The fourth-order valence-electron chi connectivity index (χ4n) is 2.36. The summed E-state index contributed by atoms with van der Waals surface area (Å²) in [5.74, 6) is 0.596. The van der Waals surface area contributed by atoms with E-state index in [-0.39, 0.29) is 5.82 Å². The van der Waals surface area contributed by atoms with Crippen LogP contribution in [0.1, 0.15) is 38.7 Å². The van der Waals surface area contributed by atoms with Gasteiger partial charge in [0, 0.05) is 0 Å². The van der Waals surface area contributed by atoms with Crippen molar-refractivity contribution in [2.75, 3.05) is 0 Å². The molecule has 2 rings (SSSR count). The molecule has 1 aliphatic rings. The minimum Gasteiger partial charge on any atom is -0.207 e. The van der Waals surface area contributed by atoms with E-state index in [4.69, 9.17) is 0 Å². The van der Waals surface area contributed by atoms with Crippen LogP contribution in [-0.2, 0) is 5.41 Å². The summed E-state index contributed by atoms with van der Waals surface area (Å²) in [6, 6.07) is 7.12. The van der Waals surface area contributed by atoms with Crippen LogP contribution in [0.25, 0.3) is 0 Å². The molecule has 0 amide bonds. The summed E-state index contributed by atoms with van der Waals surface area (Å²) in [4.78, 5) is 0. The molecule has 1 heteroatoms. The van der Waals surface area contributed by atoms with E-state index in [1.807, 2.05) is 6.07 Å². The van der Waals surface area contributed by atoms with E-state index < -0.39 is 0 Å². The van der Waals surface area contributed by atoms with Crippen LogP contribution in [0.2, 0.25) is 0 Å². The number of hydrogen-bond donors (Lipinski definition) is 0. The van der Waals surface area contributed by atoms with E-state index in [0.29, 0.717) is 11.3 Å². The molecule has 0 aromatic heterocycles. The van der Waals surface area contributed by atoms with E-state index in [9.17, 15) is 4.39 Å². The largest absolute Gasteiger partial charge is 0.207 e. The molecule has 1 aromatic carbocycles. The Morgan fingerprint density at radius 3 is 2.57 bits per heavy atom. The van der Waals surface area contributed by atoms with Gasteiger partial charge in [-0.1, -0.05) is 26.0 Å². The van der Waals surface area contributed by atoms with Crippen molar-refractivity contribution in [3.63, 3.8) is 0 Å². The van der Waals surface area contributed by atoms with Crippen molar-refractivity contribution in [2.24, 2.45) is 5.92 Å². The standard InChI is InChI=1S/C13H17F/c1-10(2)9-13(6-7-13)11-4-3-5-12(14)8-11/h3-5,8,10H,6-7,9H2,1-2H3. The predicted octanol–water partition coefficient (Wildman–Crippen LogP) is 3.90. The van der Waals surface area contributed by atoms with Crippen molar-refractivity contribution in [1.82, 2.24) is 0 Å². The molecule has 1 fully saturated rings. The highest BCUT2D eigenvalue weighted by Gasteiger charge is 2.44. The Balaban J connectivity index is 2.22. The first-order valence-corrected chi connectivity index (χ1v) is 5.38. The lowest BCUT2D eigenvalue weighted by atomic mass is 9.87. The predicted molar refractivity (Wildman–Crippen MR) is 56.8 cm³/mol. The SMILES string of the molecule is CC(C)CC1(c2cccc(F)c2)CC1. The van der Waals surface area contributed by atoms with Gasteiger partial charge in [0.15, 0.2) is 0 Å². The Morgan fingerprint density at radius 1 is 1.36 bits per heavy atom. The minimum atomic E-state index is -0.0995. The third-order valence-electron chi connectivity index (χ3n) is 3.09. The summed E-state index contributed by atoms with van der Waals surface area (Å²) >= 11 is 0. The van der Waals surface area contributed by atoms with Crippen LogP contribution in [-0.4, -0.2) is 0 Å². The van der Waals surface area contributed by atoms with E-state index in [1.165, 1.54) is 30.9 Å². The van der Waals surface area contributed by atoms with Gasteiger partial charge < -0.3 is 0 Å². The molecule has 0 N–H and O–H groups in total. The Morgan fingerprint density at radius 2 is 2.07 bits per heavy atom. The van der Waals surface area contributed by atoms with Gasteiger partial charge in [0.25, 0.3) is 0 Å². The summed E-state index contributed by atoms with van der Waals surface area (Å²) in [5, 5.41) is 0. The van der Waals surface area contributed by atoms with Crippen molar-refractivity contribution >= 4 is 0 Å². The third-order valence-corrected chi connectivity index (χ3v) is 3.09. The first-order valence-electron chi connectivity index (χ1n) is 5.38. The Labute approximate surface area is 85.1 Å². The molecular formula is C13H17F. The molecule has 1 saturated carbocycles. The monoisotopic (exact) mass is 192 g/mol. The van der Waals surface area contributed by atoms with Crippen molar-refractivity contribution in [3.8, 4) is 0 Å². The summed E-state index contributed by atoms with van der Waals surface area (Å²) in [5.41, 5.74) is 1.52. The number of benzene rings is 1. The quantitative estimate of drug-likeness (QED) is 0.681. The minimum absolute atomic E-state index is 0.0995. The fourth-order valence-corrected chi connectivity index (χ4v) is 2.36. The topological polar surface area (TPSA) is 0 Å². The molecule has 0 saturated heterocycles. The number of rotatable bonds is 3. The molecular weight excluding hydrogens is 175 g/mol. The number of halogens is 1. The molecule has 0 radical (unpaired) electrons. The lowest BCUT2D eigenvalue weighted by Crippen LogP contribution is -2.10. The molecule has 0 heterocycles. The maximum atomic E-state index is 13.1. The van der Waals surface area contributed by atoms with Gasteiger partial charge in [-0.05, 0) is 48.3 Å². The van der Waals surface area contributed by atoms with Crippen LogP contribution in [0.5, 0.6) is 0 Å². The Kier molecular flexibility index (Phi) is 2.34. The van der Waals surface area contributed by atoms with Crippen LogP contribution in [0.15, 0.2) is 24.3 Å². The third kappa shape index (κ3) is 1.82. The van der Waals surface area contributed by atoms with Gasteiger partial charge >= 0.3 is 0 Å². The van der Waals surface area contributed by atoms with Gasteiger partial charge in [0.1, 0.15) is 5.82 Å². The highest BCUT2D eigenvalue weighted by atomic mass is 19.1. The van der Waals surface area contributed by atoms with Crippen molar-refractivity contribution in [3.05, 3.63) is 35.6 Å². The van der Waals surface area contributed by atoms with Crippen LogP contribution >= 0.6 is 0 Å². The summed E-state index contributed by atoms with van der Waals surface area (Å²) in [7, 11) is 0. The van der Waals surface area contributed by atoms with E-state index in [2.05, 4.69) is 19.9 Å². The van der Waals surface area contributed by atoms with Gasteiger partial charge in [0.2, 0.25) is 0 Å². The molecule has 0 unspecified atom stereocenters. The van der Waals surface area contributed by atoms with Gasteiger partial charge in [-0.25, -0.2) is 4.39 Å². The molecule has 1 aliphatic carbocycles. The molecule has 0 bridgehead atoms. The average Bonchev–Trinajstić information content (AvgIpc) is 2.84. The van der Waals surface area contributed by atoms with Crippen LogP contribution in [0.4, 0.5) is 4.39 Å². The maximum Gasteiger partial charge on any atom is 0.123 e. The second-order valence-corrected chi connectivity index (χ2v) is 4.89. The molecule has 1 aromatic rings. The molecule has 76 valence electrons. The second kappa shape index (κ2) is 3.38. The maximum absolute atomic E-state index is 13.1. The zero-order valence-electron chi connectivity index (χ0n) is 8.89. The van der Waals surface area contributed by atoms with E-state index >= 15 is 0 Å². The Bertz CT molecular complexity index is 324. The number of hydrogen-bond acceptors (Lipinski definition) is 0. The van der Waals surface area contributed by atoms with Gasteiger partial charge in [-0.3, -0.25) is 0 Å². The highest BCUT2D eigenvalue weighted by Crippen LogP contribution is 2.52. The normalized spacial score (nSPS) is 18.6. The zero-order chi connectivity index (χ0) is 10.2. The van der Waals surface area contributed by atoms with E-state index in [0.717, 1.165) is 0 Å². The first-order chi connectivity index (χ1) is 6.62. The highest BCUT2D eigenvalue weighted by molar-refractivity contribution is 5.31. The second-order valence-electron chi connectivity index (χ2n) is 4.89. The van der Waals surface area contributed by atoms with Crippen molar-refractivity contribution in [2.45, 2.75) is 38.5 Å². The van der Waals surface area contributed by atoms with Gasteiger partial charge in [-0.2, -0.15) is 0 Å². The molecule has 0 spiro atoms. The van der Waals surface area contributed by atoms with Crippen LogP contribution in [0, 0.1) is 11.7 Å². The summed E-state index contributed by atoms with van der Waals surface area (Å²) < 4.78 is 13.1. The summed E-state index contributed by atoms with van der Waals surface area (Å²) in [6.07, 6.45) is 3.65. The van der Waals surface area contributed by atoms with Crippen molar-refractivity contribution in [1.29, 1.82) is 0 Å². The lowest BCUT2D eigenvalue weighted by Gasteiger charge is -2.17. The van der Waals surface area contributed by atoms with Gasteiger partial charge in [-0.15, -0.1) is 0 Å². The van der Waals surface area contributed by atoms with Gasteiger partial charge in [0.05, 0.1) is 0 Å². The molecule has 0 aliphatic heterocycles. The molecule has 0 nitrogen and oxygen atoms in total. The van der Waals surface area contributed by atoms with Crippen LogP contribution < -0.4 is 0 Å². The molecule has 0 atom stereocenters. The zero-order valence-corrected chi connectivity index (χ0v) is 8.89. The van der Waals surface area contributed by atoms with Crippen molar-refractivity contribution < 1.29 is 4.39 Å². The fraction of sp³-hybridized carbons (Fsp3) is 0.538. The van der Waals surface area contributed by atoms with E-state index in [1.54, 1.807) is 6.07 Å². The average molecular weight is 192 g/mol. The lowest BCUT2D eigenvalue weighted by molar-refractivity contribution is 0.484. The van der Waals surface area contributed by atoms with Crippen LogP contribution in [0.3, 0.4) is 0 Å². The summed E-state index contributed by atoms with van der Waals surface area (Å²) in [6.45, 7) is 4.47.